The van der Waals surface area contributed by atoms with Gasteiger partial charge in [-0.2, -0.15) is 0 Å². The van der Waals surface area contributed by atoms with Crippen LogP contribution in [0.3, 0.4) is 0 Å². The molecule has 1 fully saturated rings. The van der Waals surface area contributed by atoms with E-state index in [0.717, 1.165) is 18.4 Å². The first-order valence-corrected chi connectivity index (χ1v) is 6.51. The fraction of sp³-hybridized carbons (Fsp3) is 0.429. The molecule has 0 radical (unpaired) electrons. The minimum atomic E-state index is -0.947. The lowest BCUT2D eigenvalue weighted by Crippen LogP contribution is -2.45. The van der Waals surface area contributed by atoms with Crippen molar-refractivity contribution in [2.75, 3.05) is 6.54 Å². The number of benzene rings is 1. The molecule has 20 heavy (non-hydrogen) atoms. The summed E-state index contributed by atoms with van der Waals surface area (Å²) in [7, 11) is 0. The Hall–Kier alpha value is -2.11. The van der Waals surface area contributed by atoms with Gasteiger partial charge in [0.1, 0.15) is 5.82 Å². The summed E-state index contributed by atoms with van der Waals surface area (Å²) in [6.07, 6.45) is 2.30. The molecule has 3 N–H and O–H groups in total. The van der Waals surface area contributed by atoms with Crippen LogP contribution in [0.4, 0.5) is 9.18 Å². The van der Waals surface area contributed by atoms with Crippen molar-refractivity contribution in [1.82, 2.24) is 10.6 Å². The van der Waals surface area contributed by atoms with Gasteiger partial charge in [-0.25, -0.2) is 9.18 Å². The molecular weight excluding hydrogens is 263 g/mol. The third-order valence-corrected chi connectivity index (χ3v) is 3.31. The van der Waals surface area contributed by atoms with E-state index in [1.54, 1.807) is 12.1 Å². The van der Waals surface area contributed by atoms with Gasteiger partial charge in [-0.1, -0.05) is 12.1 Å². The summed E-state index contributed by atoms with van der Waals surface area (Å²) in [6, 6.07) is 5.86. The molecule has 2 rings (SSSR count). The minimum absolute atomic E-state index is 0.0988. The predicted molar refractivity (Wildman–Crippen MR) is 70.9 cm³/mol. The van der Waals surface area contributed by atoms with E-state index in [1.165, 1.54) is 12.1 Å². The van der Waals surface area contributed by atoms with E-state index < -0.39 is 5.97 Å². The number of halogens is 1. The smallest absolute Gasteiger partial charge is 0.315 e. The fourth-order valence-electron chi connectivity index (χ4n) is 2.06. The van der Waals surface area contributed by atoms with Gasteiger partial charge in [0.25, 0.3) is 0 Å². The van der Waals surface area contributed by atoms with E-state index in [1.807, 2.05) is 0 Å². The summed E-state index contributed by atoms with van der Waals surface area (Å²) in [5, 5.41) is 13.9. The number of aliphatic carboxylic acids is 1. The first-order valence-electron chi connectivity index (χ1n) is 6.51. The van der Waals surface area contributed by atoms with E-state index in [2.05, 4.69) is 10.6 Å². The molecule has 1 aromatic rings. The molecular formula is C14H17FN2O3. The lowest BCUT2D eigenvalue weighted by Gasteiger charge is -2.18. The summed E-state index contributed by atoms with van der Waals surface area (Å²) in [5.41, 5.74) is 0.695. The van der Waals surface area contributed by atoms with Gasteiger partial charge < -0.3 is 15.7 Å². The van der Waals surface area contributed by atoms with Gasteiger partial charge in [0.2, 0.25) is 0 Å². The second kappa shape index (κ2) is 5.90. The first kappa shape index (κ1) is 14.3. The number of carbonyl (C=O) groups excluding carboxylic acids is 1. The van der Waals surface area contributed by atoms with Gasteiger partial charge in [0.05, 0.1) is 6.42 Å². The van der Waals surface area contributed by atoms with Gasteiger partial charge >= 0.3 is 12.0 Å². The van der Waals surface area contributed by atoms with Crippen molar-refractivity contribution in [3.63, 3.8) is 0 Å². The quantitative estimate of drug-likeness (QED) is 0.741. The number of carboxylic acids is 1. The van der Waals surface area contributed by atoms with Gasteiger partial charge in [0.15, 0.2) is 0 Å². The van der Waals surface area contributed by atoms with Crippen LogP contribution in [0.25, 0.3) is 0 Å². The largest absolute Gasteiger partial charge is 0.481 e. The molecule has 0 unspecified atom stereocenters. The zero-order chi connectivity index (χ0) is 14.6. The van der Waals surface area contributed by atoms with Crippen LogP contribution in [0.1, 0.15) is 24.8 Å². The van der Waals surface area contributed by atoms with Crippen LogP contribution < -0.4 is 10.6 Å². The van der Waals surface area contributed by atoms with E-state index in [-0.39, 0.29) is 30.4 Å². The van der Waals surface area contributed by atoms with Crippen molar-refractivity contribution in [2.24, 2.45) is 0 Å². The molecule has 0 spiro atoms. The number of hydrogen-bond acceptors (Lipinski definition) is 2. The number of carbonyl (C=O) groups is 2. The Labute approximate surface area is 116 Å². The van der Waals surface area contributed by atoms with Crippen LogP contribution in [0, 0.1) is 5.82 Å². The molecule has 108 valence electrons. The monoisotopic (exact) mass is 280 g/mol. The van der Waals surface area contributed by atoms with Gasteiger partial charge in [-0.15, -0.1) is 0 Å². The number of rotatable bonds is 6. The van der Waals surface area contributed by atoms with Crippen LogP contribution in [-0.4, -0.2) is 29.2 Å². The lowest BCUT2D eigenvalue weighted by atomic mass is 10.0. The third-order valence-electron chi connectivity index (χ3n) is 3.31. The molecule has 1 aliphatic rings. The highest BCUT2D eigenvalue weighted by Crippen LogP contribution is 2.38. The van der Waals surface area contributed by atoms with E-state index in [4.69, 9.17) is 5.11 Å². The summed E-state index contributed by atoms with van der Waals surface area (Å²) >= 11 is 0. The Balaban J connectivity index is 1.81. The summed E-state index contributed by atoms with van der Waals surface area (Å²) < 4.78 is 12.8. The Morgan fingerprint density at radius 3 is 2.45 bits per heavy atom. The molecule has 0 atom stereocenters. The van der Waals surface area contributed by atoms with Crippen molar-refractivity contribution in [3.05, 3.63) is 35.6 Å². The Morgan fingerprint density at radius 1 is 1.25 bits per heavy atom. The van der Waals surface area contributed by atoms with Gasteiger partial charge in [0, 0.05) is 12.1 Å². The molecule has 6 heteroatoms. The van der Waals surface area contributed by atoms with Crippen molar-refractivity contribution < 1.29 is 19.1 Å². The molecule has 1 saturated carbocycles. The number of nitrogens with one attached hydrogen (secondary N) is 2. The highest BCUT2D eigenvalue weighted by atomic mass is 19.1. The van der Waals surface area contributed by atoms with Crippen LogP contribution in [-0.2, 0) is 11.2 Å². The van der Waals surface area contributed by atoms with Crippen molar-refractivity contribution in [3.8, 4) is 0 Å². The van der Waals surface area contributed by atoms with Crippen LogP contribution in [0.5, 0.6) is 0 Å². The van der Waals surface area contributed by atoms with Crippen LogP contribution >= 0.6 is 0 Å². The van der Waals surface area contributed by atoms with E-state index in [9.17, 15) is 14.0 Å². The molecule has 0 saturated heterocycles. The molecule has 0 bridgehead atoms. The molecule has 1 aliphatic carbocycles. The van der Waals surface area contributed by atoms with Crippen LogP contribution in [0.15, 0.2) is 24.3 Å². The summed E-state index contributed by atoms with van der Waals surface area (Å²) in [5.74, 6) is -1.23. The minimum Gasteiger partial charge on any atom is -0.481 e. The summed E-state index contributed by atoms with van der Waals surface area (Å²) in [6.45, 7) is 0.105. The average molecular weight is 280 g/mol. The Morgan fingerprint density at radius 2 is 1.90 bits per heavy atom. The lowest BCUT2D eigenvalue weighted by molar-refractivity contribution is -0.136. The topological polar surface area (TPSA) is 78.4 Å². The predicted octanol–water partition coefficient (Wildman–Crippen LogP) is 1.67. The van der Waals surface area contributed by atoms with Crippen LogP contribution in [0.2, 0.25) is 0 Å². The Kier molecular flexibility index (Phi) is 4.22. The van der Waals surface area contributed by atoms with E-state index in [0.29, 0.717) is 6.42 Å². The maximum absolute atomic E-state index is 12.8. The first-order chi connectivity index (χ1) is 9.49. The van der Waals surface area contributed by atoms with Crippen molar-refractivity contribution in [1.29, 1.82) is 0 Å². The molecule has 2 amide bonds. The maximum atomic E-state index is 12.8. The van der Waals surface area contributed by atoms with E-state index >= 15 is 0 Å². The standard InChI is InChI=1S/C14H17FN2O3/c15-11-3-1-10(2-4-11)9-14(6-7-14)17-13(20)16-8-5-12(18)19/h1-4H,5-9H2,(H,18,19)(H2,16,17,20). The fourth-order valence-corrected chi connectivity index (χ4v) is 2.06. The number of amides is 2. The number of urea groups is 1. The highest BCUT2D eigenvalue weighted by Gasteiger charge is 2.43. The molecule has 1 aromatic carbocycles. The second-order valence-electron chi connectivity index (χ2n) is 5.11. The normalized spacial score (nSPS) is 15.4. The third kappa shape index (κ3) is 4.22. The number of carboxylic acid groups (broad SMARTS) is 1. The van der Waals surface area contributed by atoms with Gasteiger partial charge in [-0.05, 0) is 37.0 Å². The summed E-state index contributed by atoms with van der Waals surface area (Å²) in [4.78, 5) is 22.0. The van der Waals surface area contributed by atoms with Crippen molar-refractivity contribution in [2.45, 2.75) is 31.2 Å². The van der Waals surface area contributed by atoms with Crippen molar-refractivity contribution >= 4 is 12.0 Å². The average Bonchev–Trinajstić information content (AvgIpc) is 3.11. The molecule has 0 aliphatic heterocycles. The molecule has 5 nitrogen and oxygen atoms in total. The SMILES string of the molecule is O=C(O)CCNC(=O)NC1(Cc2ccc(F)cc2)CC1. The second-order valence-corrected chi connectivity index (χ2v) is 5.11. The zero-order valence-corrected chi connectivity index (χ0v) is 11.0. The highest BCUT2D eigenvalue weighted by molar-refractivity contribution is 5.76. The number of hydrogen-bond donors (Lipinski definition) is 3. The molecule has 0 aromatic heterocycles. The Bertz CT molecular complexity index is 498. The van der Waals surface area contributed by atoms with Gasteiger partial charge in [-0.3, -0.25) is 4.79 Å². The maximum Gasteiger partial charge on any atom is 0.315 e. The molecule has 0 heterocycles. The zero-order valence-electron chi connectivity index (χ0n) is 11.0.